The van der Waals surface area contributed by atoms with Crippen molar-refractivity contribution in [3.63, 3.8) is 0 Å². The minimum atomic E-state index is 0.0686. The van der Waals surface area contributed by atoms with Gasteiger partial charge in [0, 0.05) is 31.1 Å². The predicted molar refractivity (Wildman–Crippen MR) is 103 cm³/mol. The number of rotatable bonds is 4. The molecule has 1 aromatic heterocycles. The summed E-state index contributed by atoms with van der Waals surface area (Å²) in [6, 6.07) is 12.6. The summed E-state index contributed by atoms with van der Waals surface area (Å²) in [6.07, 6.45) is 9.93. The highest BCUT2D eigenvalue weighted by Crippen LogP contribution is 2.52. The summed E-state index contributed by atoms with van der Waals surface area (Å²) in [4.78, 5) is 18.8. The maximum Gasteiger partial charge on any atom is 0.222 e. The van der Waals surface area contributed by atoms with Crippen LogP contribution in [0.2, 0.25) is 0 Å². The second-order valence-corrected chi connectivity index (χ2v) is 8.40. The minimum Gasteiger partial charge on any atom is -0.484 e. The summed E-state index contributed by atoms with van der Waals surface area (Å²) in [6.45, 7) is 1.75. The normalized spacial score (nSPS) is 23.3. The molecule has 0 radical (unpaired) electrons. The molecule has 1 amide bonds. The summed E-state index contributed by atoms with van der Waals surface area (Å²) in [5, 5.41) is 0. The van der Waals surface area contributed by atoms with Gasteiger partial charge in [-0.2, -0.15) is 0 Å². The van der Waals surface area contributed by atoms with E-state index in [-0.39, 0.29) is 11.5 Å². The number of nitrogens with zero attached hydrogens (tertiary/aromatic N) is 2. The lowest BCUT2D eigenvalue weighted by atomic mass is 9.73. The van der Waals surface area contributed by atoms with E-state index in [2.05, 4.69) is 34.1 Å². The molecule has 0 N–H and O–H groups in total. The molecular formula is C23H26N2O2. The summed E-state index contributed by atoms with van der Waals surface area (Å²) < 4.78 is 6.32. The van der Waals surface area contributed by atoms with Gasteiger partial charge in [0.15, 0.2) is 0 Å². The van der Waals surface area contributed by atoms with Gasteiger partial charge in [-0.05, 0) is 61.3 Å². The van der Waals surface area contributed by atoms with Crippen LogP contribution in [-0.4, -0.2) is 28.9 Å². The highest BCUT2D eigenvalue weighted by Gasteiger charge is 2.47. The molecule has 1 saturated heterocycles. The summed E-state index contributed by atoms with van der Waals surface area (Å²) in [7, 11) is 0. The molecule has 1 saturated carbocycles. The van der Waals surface area contributed by atoms with E-state index in [1.54, 1.807) is 12.4 Å². The average Bonchev–Trinajstić information content (AvgIpc) is 3.48. The number of aromatic nitrogens is 1. The number of piperidine rings is 1. The van der Waals surface area contributed by atoms with Gasteiger partial charge in [0.25, 0.3) is 0 Å². The van der Waals surface area contributed by atoms with Gasteiger partial charge in [0.1, 0.15) is 11.9 Å². The van der Waals surface area contributed by atoms with E-state index in [0.29, 0.717) is 11.8 Å². The molecule has 3 aliphatic rings. The Kier molecular flexibility index (Phi) is 4.14. The Hall–Kier alpha value is -2.36. The van der Waals surface area contributed by atoms with Gasteiger partial charge in [0.2, 0.25) is 5.91 Å². The molecular weight excluding hydrogens is 336 g/mol. The SMILES string of the molecule is O=C(CC1CC1)N1CCC2(CC1)CC(Oc1cccnc1)c1ccccc12. The molecule has 1 aliphatic heterocycles. The first kappa shape index (κ1) is 16.8. The third kappa shape index (κ3) is 3.22. The summed E-state index contributed by atoms with van der Waals surface area (Å²) >= 11 is 0. The molecule has 2 aliphatic carbocycles. The smallest absolute Gasteiger partial charge is 0.222 e. The van der Waals surface area contributed by atoms with Crippen molar-refractivity contribution in [2.45, 2.75) is 50.0 Å². The first-order valence-corrected chi connectivity index (χ1v) is 10.2. The van der Waals surface area contributed by atoms with Crippen molar-refractivity contribution < 1.29 is 9.53 Å². The number of hydrogen-bond acceptors (Lipinski definition) is 3. The van der Waals surface area contributed by atoms with E-state index in [0.717, 1.165) is 44.5 Å². The molecule has 140 valence electrons. The van der Waals surface area contributed by atoms with Crippen LogP contribution in [0.4, 0.5) is 0 Å². The Labute approximate surface area is 160 Å². The van der Waals surface area contributed by atoms with Crippen LogP contribution < -0.4 is 4.74 Å². The molecule has 4 heteroatoms. The average molecular weight is 362 g/mol. The first-order chi connectivity index (χ1) is 13.2. The number of pyridine rings is 1. The van der Waals surface area contributed by atoms with Crippen molar-refractivity contribution in [3.8, 4) is 5.75 Å². The Morgan fingerprint density at radius 2 is 1.96 bits per heavy atom. The van der Waals surface area contributed by atoms with Gasteiger partial charge >= 0.3 is 0 Å². The second kappa shape index (κ2) is 6.66. The Balaban J connectivity index is 1.33. The Bertz CT molecular complexity index is 823. The topological polar surface area (TPSA) is 42.4 Å². The summed E-state index contributed by atoms with van der Waals surface area (Å²) in [5.41, 5.74) is 2.87. The van der Waals surface area contributed by atoms with E-state index < -0.39 is 0 Å². The number of amides is 1. The maximum atomic E-state index is 12.5. The van der Waals surface area contributed by atoms with E-state index in [1.807, 2.05) is 12.1 Å². The number of benzene rings is 1. The zero-order chi connectivity index (χ0) is 18.3. The van der Waals surface area contributed by atoms with Gasteiger partial charge in [-0.1, -0.05) is 24.3 Å². The van der Waals surface area contributed by atoms with Crippen LogP contribution in [0.15, 0.2) is 48.8 Å². The van der Waals surface area contributed by atoms with Gasteiger partial charge in [-0.3, -0.25) is 9.78 Å². The molecule has 1 aromatic carbocycles. The maximum absolute atomic E-state index is 12.5. The zero-order valence-corrected chi connectivity index (χ0v) is 15.6. The lowest BCUT2D eigenvalue weighted by Crippen LogP contribution is -2.44. The molecule has 27 heavy (non-hydrogen) atoms. The van der Waals surface area contributed by atoms with Crippen LogP contribution in [0.1, 0.15) is 55.8 Å². The number of likely N-dealkylation sites (tertiary alicyclic amines) is 1. The standard InChI is InChI=1S/C23H26N2O2/c26-22(14-17-7-8-17)25-12-9-23(10-13-25)15-21(19-5-1-2-6-20(19)23)27-18-4-3-11-24-16-18/h1-6,11,16-17,21H,7-10,12-15H2. The van der Waals surface area contributed by atoms with Gasteiger partial charge in [0.05, 0.1) is 6.20 Å². The van der Waals surface area contributed by atoms with Crippen molar-refractivity contribution in [3.05, 3.63) is 59.9 Å². The third-order valence-electron chi connectivity index (χ3n) is 6.60. The fourth-order valence-corrected chi connectivity index (χ4v) is 4.88. The van der Waals surface area contributed by atoms with Crippen LogP contribution in [0.25, 0.3) is 0 Å². The number of hydrogen-bond donors (Lipinski definition) is 0. The Morgan fingerprint density at radius 1 is 1.15 bits per heavy atom. The van der Waals surface area contributed by atoms with Gasteiger partial charge in [-0.15, -0.1) is 0 Å². The van der Waals surface area contributed by atoms with Crippen LogP contribution in [0, 0.1) is 5.92 Å². The molecule has 2 fully saturated rings. The molecule has 1 unspecified atom stereocenters. The van der Waals surface area contributed by atoms with Gasteiger partial charge < -0.3 is 9.64 Å². The molecule has 1 spiro atoms. The first-order valence-electron chi connectivity index (χ1n) is 10.2. The number of ether oxygens (including phenoxy) is 1. The predicted octanol–water partition coefficient (Wildman–Crippen LogP) is 4.27. The zero-order valence-electron chi connectivity index (χ0n) is 15.6. The van der Waals surface area contributed by atoms with Crippen molar-refractivity contribution in [1.29, 1.82) is 0 Å². The molecule has 5 rings (SSSR count). The fraction of sp³-hybridized carbons (Fsp3) is 0.478. The largest absolute Gasteiger partial charge is 0.484 e. The van der Waals surface area contributed by atoms with E-state index in [4.69, 9.17) is 4.74 Å². The molecule has 0 bridgehead atoms. The quantitative estimate of drug-likeness (QED) is 0.816. The van der Waals surface area contributed by atoms with Crippen molar-refractivity contribution >= 4 is 5.91 Å². The van der Waals surface area contributed by atoms with Crippen molar-refractivity contribution in [2.24, 2.45) is 5.92 Å². The molecule has 2 aromatic rings. The lowest BCUT2D eigenvalue weighted by Gasteiger charge is -2.40. The van der Waals surface area contributed by atoms with Crippen molar-refractivity contribution in [2.75, 3.05) is 13.1 Å². The fourth-order valence-electron chi connectivity index (χ4n) is 4.88. The summed E-state index contributed by atoms with van der Waals surface area (Å²) in [5.74, 6) is 1.85. The number of fused-ring (bicyclic) bond motifs is 2. The monoisotopic (exact) mass is 362 g/mol. The van der Waals surface area contributed by atoms with Crippen molar-refractivity contribution in [1.82, 2.24) is 9.88 Å². The highest BCUT2D eigenvalue weighted by molar-refractivity contribution is 5.77. The van der Waals surface area contributed by atoms with E-state index in [9.17, 15) is 4.79 Å². The number of carbonyl (C=O) groups excluding carboxylic acids is 1. The second-order valence-electron chi connectivity index (χ2n) is 8.40. The van der Waals surface area contributed by atoms with Gasteiger partial charge in [-0.25, -0.2) is 0 Å². The molecule has 1 atom stereocenters. The van der Waals surface area contributed by atoms with Crippen LogP contribution >= 0.6 is 0 Å². The van der Waals surface area contributed by atoms with Crippen LogP contribution in [0.3, 0.4) is 0 Å². The Morgan fingerprint density at radius 3 is 2.70 bits per heavy atom. The lowest BCUT2D eigenvalue weighted by molar-refractivity contribution is -0.133. The highest BCUT2D eigenvalue weighted by atomic mass is 16.5. The van der Waals surface area contributed by atoms with E-state index >= 15 is 0 Å². The number of carbonyl (C=O) groups is 1. The third-order valence-corrected chi connectivity index (χ3v) is 6.60. The van der Waals surface area contributed by atoms with Crippen LogP contribution in [-0.2, 0) is 10.2 Å². The minimum absolute atomic E-state index is 0.0686. The van der Waals surface area contributed by atoms with E-state index in [1.165, 1.54) is 24.0 Å². The molecule has 2 heterocycles. The molecule has 4 nitrogen and oxygen atoms in total. The van der Waals surface area contributed by atoms with Crippen LogP contribution in [0.5, 0.6) is 5.75 Å².